The summed E-state index contributed by atoms with van der Waals surface area (Å²) in [6.45, 7) is 1.35. The van der Waals surface area contributed by atoms with Crippen LogP contribution in [0.5, 0.6) is 5.75 Å². The number of hydrogen-bond acceptors (Lipinski definition) is 5. The third-order valence-electron chi connectivity index (χ3n) is 3.32. The summed E-state index contributed by atoms with van der Waals surface area (Å²) in [5.74, 6) is 0.170. The molecule has 0 saturated heterocycles. The van der Waals surface area contributed by atoms with Crippen molar-refractivity contribution >= 4 is 28.9 Å². The molecule has 0 radical (unpaired) electrons. The number of amides is 1. The van der Waals surface area contributed by atoms with E-state index in [1.54, 1.807) is 24.3 Å². The van der Waals surface area contributed by atoms with E-state index in [1.165, 1.54) is 12.1 Å². The number of benzene rings is 2. The summed E-state index contributed by atoms with van der Waals surface area (Å²) < 4.78 is 5.57. The van der Waals surface area contributed by atoms with Crippen molar-refractivity contribution in [1.29, 1.82) is 0 Å². The van der Waals surface area contributed by atoms with Crippen LogP contribution in [0.3, 0.4) is 0 Å². The summed E-state index contributed by atoms with van der Waals surface area (Å²) in [5.41, 5.74) is 0.383. The van der Waals surface area contributed by atoms with Gasteiger partial charge in [0.2, 0.25) is 0 Å². The van der Waals surface area contributed by atoms with Crippen molar-refractivity contribution in [3.8, 4) is 5.75 Å². The van der Waals surface area contributed by atoms with Gasteiger partial charge in [-0.2, -0.15) is 0 Å². The second-order valence-electron chi connectivity index (χ2n) is 5.55. The van der Waals surface area contributed by atoms with Gasteiger partial charge in [-0.1, -0.05) is 11.6 Å². The minimum atomic E-state index is -0.576. The van der Waals surface area contributed by atoms with E-state index in [0.29, 0.717) is 18.0 Å². The van der Waals surface area contributed by atoms with Gasteiger partial charge < -0.3 is 15.0 Å². The summed E-state index contributed by atoms with van der Waals surface area (Å²) in [4.78, 5) is 24.5. The molecular weight excluding hydrogens is 346 g/mol. The maximum absolute atomic E-state index is 12.3. The van der Waals surface area contributed by atoms with E-state index < -0.39 is 10.8 Å². The molecule has 1 N–H and O–H groups in total. The quantitative estimate of drug-likeness (QED) is 0.601. The van der Waals surface area contributed by atoms with Crippen LogP contribution in [0.1, 0.15) is 10.4 Å². The zero-order chi connectivity index (χ0) is 18.4. The van der Waals surface area contributed by atoms with Crippen molar-refractivity contribution < 1.29 is 14.5 Å². The predicted octanol–water partition coefficient (Wildman–Crippen LogP) is 3.44. The average molecular weight is 364 g/mol. The van der Waals surface area contributed by atoms with Gasteiger partial charge in [0.1, 0.15) is 12.4 Å². The molecule has 0 aromatic heterocycles. The molecule has 0 aliphatic rings. The molecule has 2 aromatic rings. The molecule has 0 heterocycles. The van der Waals surface area contributed by atoms with Gasteiger partial charge in [-0.25, -0.2) is 0 Å². The van der Waals surface area contributed by atoms with Crippen LogP contribution >= 0.6 is 11.6 Å². The molecule has 0 unspecified atom stereocenters. The first-order valence-electron chi connectivity index (χ1n) is 7.49. The Morgan fingerprint density at radius 1 is 1.24 bits per heavy atom. The zero-order valence-corrected chi connectivity index (χ0v) is 14.6. The fourth-order valence-electron chi connectivity index (χ4n) is 1.98. The molecule has 0 atom stereocenters. The normalized spacial score (nSPS) is 10.6. The van der Waals surface area contributed by atoms with Crippen molar-refractivity contribution in [3.63, 3.8) is 0 Å². The Labute approximate surface area is 150 Å². The highest BCUT2D eigenvalue weighted by Crippen LogP contribution is 2.23. The lowest BCUT2D eigenvalue weighted by atomic mass is 10.2. The minimum Gasteiger partial charge on any atom is -0.492 e. The zero-order valence-electron chi connectivity index (χ0n) is 13.9. The van der Waals surface area contributed by atoms with Crippen LogP contribution in [0, 0.1) is 10.1 Å². The summed E-state index contributed by atoms with van der Waals surface area (Å²) in [6.07, 6.45) is 0. The van der Waals surface area contributed by atoms with E-state index in [9.17, 15) is 14.9 Å². The fourth-order valence-corrected chi connectivity index (χ4v) is 2.18. The Balaban J connectivity index is 2.03. The van der Waals surface area contributed by atoms with Crippen LogP contribution < -0.4 is 10.1 Å². The first kappa shape index (κ1) is 18.7. The summed E-state index contributed by atoms with van der Waals surface area (Å²) in [5, 5.41) is 13.6. The van der Waals surface area contributed by atoms with Crippen LogP contribution in [0.2, 0.25) is 5.02 Å². The maximum atomic E-state index is 12.3. The number of nitro benzene ring substituents is 1. The monoisotopic (exact) mass is 363 g/mol. The number of carbonyl (C=O) groups excluding carboxylic acids is 1. The highest BCUT2D eigenvalue weighted by molar-refractivity contribution is 6.34. The lowest BCUT2D eigenvalue weighted by Gasteiger charge is -2.11. The Morgan fingerprint density at radius 2 is 1.92 bits per heavy atom. The predicted molar refractivity (Wildman–Crippen MR) is 96.6 cm³/mol. The van der Waals surface area contributed by atoms with Crippen molar-refractivity contribution in [3.05, 3.63) is 63.2 Å². The number of nitrogens with one attached hydrogen (secondary N) is 1. The number of rotatable bonds is 7. The van der Waals surface area contributed by atoms with Gasteiger partial charge in [-0.3, -0.25) is 14.9 Å². The molecule has 25 heavy (non-hydrogen) atoms. The van der Waals surface area contributed by atoms with E-state index >= 15 is 0 Å². The number of hydrogen-bond donors (Lipinski definition) is 1. The standard InChI is InChI=1S/C17H18ClN3O4/c1-20(2)9-10-25-14-6-3-12(4-7-14)19-17(22)15-11-13(21(23)24)5-8-16(15)18/h3-8,11H,9-10H2,1-2H3,(H,19,22). The molecule has 8 heteroatoms. The van der Waals surface area contributed by atoms with Gasteiger partial charge in [-0.05, 0) is 44.4 Å². The van der Waals surface area contributed by atoms with E-state index in [-0.39, 0.29) is 16.3 Å². The Bertz CT molecular complexity index is 763. The fraction of sp³-hybridized carbons (Fsp3) is 0.235. The molecule has 0 spiro atoms. The Morgan fingerprint density at radius 3 is 2.52 bits per heavy atom. The van der Waals surface area contributed by atoms with Crippen molar-refractivity contribution in [2.24, 2.45) is 0 Å². The lowest BCUT2D eigenvalue weighted by Crippen LogP contribution is -2.19. The molecular formula is C17H18ClN3O4. The van der Waals surface area contributed by atoms with Gasteiger partial charge in [0.15, 0.2) is 0 Å². The highest BCUT2D eigenvalue weighted by atomic mass is 35.5. The topological polar surface area (TPSA) is 84.7 Å². The molecule has 132 valence electrons. The van der Waals surface area contributed by atoms with E-state index in [0.717, 1.165) is 12.6 Å². The number of nitro groups is 1. The van der Waals surface area contributed by atoms with Crippen molar-refractivity contribution in [1.82, 2.24) is 4.90 Å². The molecule has 0 saturated carbocycles. The number of carbonyl (C=O) groups is 1. The van der Waals surface area contributed by atoms with Gasteiger partial charge in [0, 0.05) is 24.4 Å². The van der Waals surface area contributed by atoms with E-state index in [1.807, 2.05) is 19.0 Å². The van der Waals surface area contributed by atoms with Crippen LogP contribution in [-0.4, -0.2) is 43.0 Å². The van der Waals surface area contributed by atoms with Gasteiger partial charge >= 0.3 is 0 Å². The second-order valence-corrected chi connectivity index (χ2v) is 5.96. The number of non-ortho nitro benzene ring substituents is 1. The second kappa shape index (κ2) is 8.46. The molecule has 1 amide bonds. The third kappa shape index (κ3) is 5.44. The Kier molecular flexibility index (Phi) is 6.32. The summed E-state index contributed by atoms with van der Waals surface area (Å²) in [6, 6.07) is 10.6. The molecule has 7 nitrogen and oxygen atoms in total. The summed E-state index contributed by atoms with van der Waals surface area (Å²) in [7, 11) is 3.92. The molecule has 2 aromatic carbocycles. The highest BCUT2D eigenvalue weighted by Gasteiger charge is 2.16. The third-order valence-corrected chi connectivity index (χ3v) is 3.65. The largest absolute Gasteiger partial charge is 0.492 e. The van der Waals surface area contributed by atoms with Crippen LogP contribution in [0.25, 0.3) is 0 Å². The smallest absolute Gasteiger partial charge is 0.270 e. The van der Waals surface area contributed by atoms with Gasteiger partial charge in [0.05, 0.1) is 15.5 Å². The number of nitrogens with zero attached hydrogens (tertiary/aromatic N) is 2. The van der Waals surface area contributed by atoms with Crippen LogP contribution in [0.15, 0.2) is 42.5 Å². The SMILES string of the molecule is CN(C)CCOc1ccc(NC(=O)c2cc([N+](=O)[O-])ccc2Cl)cc1. The average Bonchev–Trinajstić information content (AvgIpc) is 2.56. The molecule has 0 aliphatic carbocycles. The lowest BCUT2D eigenvalue weighted by molar-refractivity contribution is -0.384. The first-order chi connectivity index (χ1) is 11.9. The number of anilines is 1. The molecule has 0 fully saturated rings. The maximum Gasteiger partial charge on any atom is 0.270 e. The number of ether oxygens (including phenoxy) is 1. The Hall–Kier alpha value is -2.64. The minimum absolute atomic E-state index is 0.0437. The summed E-state index contributed by atoms with van der Waals surface area (Å²) >= 11 is 5.96. The van der Waals surface area contributed by atoms with E-state index in [4.69, 9.17) is 16.3 Å². The molecule has 2 rings (SSSR count). The molecule has 0 bridgehead atoms. The van der Waals surface area contributed by atoms with Crippen molar-refractivity contribution in [2.45, 2.75) is 0 Å². The van der Waals surface area contributed by atoms with Crippen LogP contribution in [-0.2, 0) is 0 Å². The van der Waals surface area contributed by atoms with Crippen molar-refractivity contribution in [2.75, 3.05) is 32.6 Å². The van der Waals surface area contributed by atoms with Gasteiger partial charge in [0.25, 0.3) is 11.6 Å². The van der Waals surface area contributed by atoms with Gasteiger partial charge in [-0.15, -0.1) is 0 Å². The van der Waals surface area contributed by atoms with Crippen LogP contribution in [0.4, 0.5) is 11.4 Å². The number of halogens is 1. The molecule has 0 aliphatic heterocycles. The number of likely N-dealkylation sites (N-methyl/N-ethyl adjacent to an activating group) is 1. The van der Waals surface area contributed by atoms with E-state index in [2.05, 4.69) is 5.32 Å². The first-order valence-corrected chi connectivity index (χ1v) is 7.87.